The van der Waals surface area contributed by atoms with Gasteiger partial charge in [-0.1, -0.05) is 0 Å². The number of aliphatic hydroxyl groups is 5. The molecular formula is C6H13ClFeO6. The zero-order chi connectivity index (χ0) is 9.72. The third kappa shape index (κ3) is 5.89. The van der Waals surface area contributed by atoms with Gasteiger partial charge in [-0.2, -0.15) is 0 Å². The SMILES string of the molecule is Cl.O=C(CO)[C@H](O)[C@@H](O)[C@H](O)CO.[Fe]. The number of rotatable bonds is 5. The van der Waals surface area contributed by atoms with Crippen molar-refractivity contribution in [3.05, 3.63) is 0 Å². The van der Waals surface area contributed by atoms with Gasteiger partial charge in [-0.15, -0.1) is 12.4 Å². The second-order valence-corrected chi connectivity index (χ2v) is 2.31. The van der Waals surface area contributed by atoms with Crippen molar-refractivity contribution in [3.63, 3.8) is 0 Å². The van der Waals surface area contributed by atoms with Crippen LogP contribution in [0.25, 0.3) is 0 Å². The number of carbonyl (C=O) groups excluding carboxylic acids is 1. The third-order valence-electron chi connectivity index (χ3n) is 1.39. The van der Waals surface area contributed by atoms with Crippen LogP contribution in [0.1, 0.15) is 0 Å². The Bertz CT molecular complexity index is 157. The van der Waals surface area contributed by atoms with Gasteiger partial charge < -0.3 is 25.5 Å². The number of halogens is 1. The fourth-order valence-electron chi connectivity index (χ4n) is 0.602. The first kappa shape index (κ1) is 19.8. The van der Waals surface area contributed by atoms with Gasteiger partial charge in [-0.25, -0.2) is 0 Å². The molecule has 0 aliphatic carbocycles. The Morgan fingerprint density at radius 1 is 1.14 bits per heavy atom. The molecule has 6 nitrogen and oxygen atoms in total. The zero-order valence-corrected chi connectivity index (χ0v) is 8.97. The molecule has 0 aromatic carbocycles. The topological polar surface area (TPSA) is 118 Å². The van der Waals surface area contributed by atoms with Crippen LogP contribution in [0.4, 0.5) is 0 Å². The first-order valence-corrected chi connectivity index (χ1v) is 3.33. The monoisotopic (exact) mass is 272 g/mol. The number of ketones is 1. The average molecular weight is 272 g/mol. The van der Waals surface area contributed by atoms with Gasteiger partial charge in [-0.3, -0.25) is 4.79 Å². The van der Waals surface area contributed by atoms with E-state index in [9.17, 15) is 4.79 Å². The molecule has 0 radical (unpaired) electrons. The summed E-state index contributed by atoms with van der Waals surface area (Å²) in [6.45, 7) is -1.69. The summed E-state index contributed by atoms with van der Waals surface area (Å²) < 4.78 is 0. The Labute approximate surface area is 97.4 Å². The first-order valence-electron chi connectivity index (χ1n) is 3.33. The van der Waals surface area contributed by atoms with Gasteiger partial charge in [0.1, 0.15) is 24.9 Å². The van der Waals surface area contributed by atoms with Crippen LogP contribution >= 0.6 is 12.4 Å². The van der Waals surface area contributed by atoms with E-state index in [1.54, 1.807) is 0 Å². The largest absolute Gasteiger partial charge is 0.394 e. The van der Waals surface area contributed by atoms with Crippen molar-refractivity contribution in [1.82, 2.24) is 0 Å². The molecule has 0 aliphatic rings. The second kappa shape index (κ2) is 9.82. The molecule has 0 saturated heterocycles. The van der Waals surface area contributed by atoms with Gasteiger partial charge in [0.15, 0.2) is 5.78 Å². The molecule has 0 aromatic rings. The second-order valence-electron chi connectivity index (χ2n) is 2.31. The summed E-state index contributed by atoms with van der Waals surface area (Å²) in [5.41, 5.74) is 0. The Morgan fingerprint density at radius 2 is 1.57 bits per heavy atom. The van der Waals surface area contributed by atoms with Gasteiger partial charge in [-0.05, 0) is 0 Å². The number of hydrogen-bond acceptors (Lipinski definition) is 6. The summed E-state index contributed by atoms with van der Waals surface area (Å²) in [5.74, 6) is -1.00. The first-order chi connectivity index (χ1) is 5.54. The number of carbonyl (C=O) groups is 1. The zero-order valence-electron chi connectivity index (χ0n) is 7.05. The fourth-order valence-corrected chi connectivity index (χ4v) is 0.602. The Kier molecular flexibility index (Phi) is 13.9. The van der Waals surface area contributed by atoms with E-state index in [4.69, 9.17) is 25.5 Å². The van der Waals surface area contributed by atoms with Crippen molar-refractivity contribution in [2.24, 2.45) is 0 Å². The summed E-state index contributed by atoms with van der Waals surface area (Å²) in [7, 11) is 0. The number of Topliss-reactive ketones (excluding diaryl/α,β-unsaturated/α-hetero) is 1. The summed E-state index contributed by atoms with van der Waals surface area (Å²) in [6, 6.07) is 0. The molecule has 0 aromatic heterocycles. The van der Waals surface area contributed by atoms with Crippen LogP contribution in [0, 0.1) is 0 Å². The van der Waals surface area contributed by atoms with E-state index >= 15 is 0 Å². The predicted octanol–water partition coefficient (Wildman–Crippen LogP) is -2.96. The van der Waals surface area contributed by atoms with Crippen molar-refractivity contribution < 1.29 is 47.4 Å². The molecule has 3 atom stereocenters. The number of hydrogen-bond donors (Lipinski definition) is 5. The van der Waals surface area contributed by atoms with E-state index < -0.39 is 37.3 Å². The molecule has 8 heteroatoms. The van der Waals surface area contributed by atoms with Crippen molar-refractivity contribution in [2.75, 3.05) is 13.2 Å². The van der Waals surface area contributed by atoms with Gasteiger partial charge in [0.05, 0.1) is 6.61 Å². The molecule has 0 bridgehead atoms. The van der Waals surface area contributed by atoms with E-state index in [-0.39, 0.29) is 29.5 Å². The summed E-state index contributed by atoms with van der Waals surface area (Å²) in [6.07, 6.45) is -5.22. The predicted molar refractivity (Wildman–Crippen MR) is 44.4 cm³/mol. The van der Waals surface area contributed by atoms with Crippen molar-refractivity contribution in [1.29, 1.82) is 0 Å². The molecule has 0 spiro atoms. The molecule has 0 saturated carbocycles. The molecule has 0 rings (SSSR count). The Hall–Kier alpha value is 0.279. The maximum Gasteiger partial charge on any atom is 0.189 e. The average Bonchev–Trinajstić information content (AvgIpc) is 2.12. The maximum absolute atomic E-state index is 10.5. The standard InChI is InChI=1S/C6H12O6.ClH.Fe/c7-1-3(9)5(11)6(12)4(10)2-8;;/h3,5-9,11-12H,1-2H2;1H;/t3-,5+,6+;;/m1../s1. The molecule has 5 N–H and O–H groups in total. The van der Waals surface area contributed by atoms with Crippen molar-refractivity contribution in [2.45, 2.75) is 18.3 Å². The van der Waals surface area contributed by atoms with Crippen LogP contribution in [0.3, 0.4) is 0 Å². The van der Waals surface area contributed by atoms with Crippen molar-refractivity contribution in [3.8, 4) is 0 Å². The normalized spacial score (nSPS) is 15.8. The third-order valence-corrected chi connectivity index (χ3v) is 1.39. The molecular weight excluding hydrogens is 259 g/mol. The van der Waals surface area contributed by atoms with Crippen LogP contribution in [0.2, 0.25) is 0 Å². The molecule has 14 heavy (non-hydrogen) atoms. The molecule has 88 valence electrons. The van der Waals surface area contributed by atoms with E-state index in [0.29, 0.717) is 0 Å². The molecule has 0 aliphatic heterocycles. The van der Waals surface area contributed by atoms with E-state index in [1.807, 2.05) is 0 Å². The maximum atomic E-state index is 10.5. The van der Waals surface area contributed by atoms with Gasteiger partial charge in [0.2, 0.25) is 0 Å². The molecule has 0 fully saturated rings. The van der Waals surface area contributed by atoms with Crippen LogP contribution in [-0.2, 0) is 21.9 Å². The van der Waals surface area contributed by atoms with Crippen LogP contribution in [0.15, 0.2) is 0 Å². The van der Waals surface area contributed by atoms with E-state index in [0.717, 1.165) is 0 Å². The summed E-state index contributed by atoms with van der Waals surface area (Å²) >= 11 is 0. The summed E-state index contributed by atoms with van der Waals surface area (Å²) in [5, 5.41) is 43.1. The minimum absolute atomic E-state index is 0. The van der Waals surface area contributed by atoms with Crippen LogP contribution in [-0.4, -0.2) is 62.8 Å². The minimum atomic E-state index is -1.86. The minimum Gasteiger partial charge on any atom is -0.394 e. The van der Waals surface area contributed by atoms with E-state index in [2.05, 4.69) is 0 Å². The van der Waals surface area contributed by atoms with Gasteiger partial charge in [0, 0.05) is 17.1 Å². The number of aliphatic hydroxyl groups excluding tert-OH is 5. The Balaban J connectivity index is -0.000000605. The van der Waals surface area contributed by atoms with Crippen molar-refractivity contribution >= 4 is 18.2 Å². The molecule has 0 heterocycles. The fraction of sp³-hybridized carbons (Fsp3) is 0.833. The van der Waals surface area contributed by atoms with Gasteiger partial charge >= 0.3 is 0 Å². The van der Waals surface area contributed by atoms with Crippen LogP contribution in [0.5, 0.6) is 0 Å². The molecule has 0 amide bonds. The summed E-state index contributed by atoms with van der Waals surface area (Å²) in [4.78, 5) is 10.5. The van der Waals surface area contributed by atoms with Gasteiger partial charge in [0.25, 0.3) is 0 Å². The van der Waals surface area contributed by atoms with Crippen LogP contribution < -0.4 is 0 Å². The smallest absolute Gasteiger partial charge is 0.189 e. The quantitative estimate of drug-likeness (QED) is 0.341. The molecule has 0 unspecified atom stereocenters. The Morgan fingerprint density at radius 3 is 1.86 bits per heavy atom. The van der Waals surface area contributed by atoms with E-state index in [1.165, 1.54) is 0 Å².